The maximum Gasteiger partial charge on any atom is 0.601 e. The van der Waals surface area contributed by atoms with Crippen molar-refractivity contribution in [2.24, 2.45) is 20.0 Å². The van der Waals surface area contributed by atoms with Gasteiger partial charge in [-0.3, -0.25) is 4.32 Å². The Balaban J connectivity index is 1.38. The molecule has 274 valence electrons. The van der Waals surface area contributed by atoms with Crippen LogP contribution in [-0.4, -0.2) is 27.9 Å². The molecule has 6 nitrogen and oxygen atoms in total. The van der Waals surface area contributed by atoms with Gasteiger partial charge in [-0.1, -0.05) is 0 Å². The van der Waals surface area contributed by atoms with Crippen molar-refractivity contribution in [3.8, 4) is 0 Å². The highest BCUT2D eigenvalue weighted by molar-refractivity contribution is 6.51. The third kappa shape index (κ3) is 3.71. The van der Waals surface area contributed by atoms with Crippen LogP contribution in [0.15, 0.2) is 56.4 Å². The zero-order chi connectivity index (χ0) is 39.1. The highest BCUT2D eigenvalue weighted by atomic mass is 19.2. The van der Waals surface area contributed by atoms with Crippen molar-refractivity contribution in [3.63, 3.8) is 0 Å². The number of aromatic nitrogens is 2. The average Bonchev–Trinajstić information content (AvgIpc) is 3.81. The van der Waals surface area contributed by atoms with Crippen molar-refractivity contribution >= 4 is 84.4 Å². The number of hydrogen-bond acceptors (Lipinski definition) is 4. The molecule has 0 saturated carbocycles. The second-order valence-corrected chi connectivity index (χ2v) is 13.0. The number of benzene rings is 6. The highest BCUT2D eigenvalue weighted by Gasteiger charge is 2.39. The molecule has 3 aliphatic rings. The molecule has 56 heavy (non-hydrogen) atoms. The number of halogens is 13. The smallest absolute Gasteiger partial charge is 0.303 e. The monoisotopic (exact) mass is 780 g/mol. The summed E-state index contributed by atoms with van der Waals surface area (Å²) in [7, 11) is -2.54. The molecule has 0 saturated heterocycles. The molecule has 0 radical (unpaired) electrons. The van der Waals surface area contributed by atoms with Gasteiger partial charge >= 0.3 is 7.26 Å². The second-order valence-electron chi connectivity index (χ2n) is 13.0. The molecule has 11 rings (SSSR count). The number of nitrogens with zero attached hydrogens (tertiary/aromatic N) is 6. The van der Waals surface area contributed by atoms with Crippen molar-refractivity contribution in [3.05, 3.63) is 128 Å². The molecule has 4 bridgehead atoms. The lowest BCUT2D eigenvalue weighted by atomic mass is 10.00. The van der Waals surface area contributed by atoms with Crippen LogP contribution in [0.1, 0.15) is 11.1 Å². The molecule has 0 atom stereocenters. The largest absolute Gasteiger partial charge is 0.601 e. The lowest BCUT2D eigenvalue weighted by molar-refractivity contribution is 0.418. The predicted molar refractivity (Wildman–Crippen MR) is 175 cm³/mol. The minimum absolute atomic E-state index is 0.235. The van der Waals surface area contributed by atoms with Crippen LogP contribution in [0.2, 0.25) is 0 Å². The van der Waals surface area contributed by atoms with Crippen LogP contribution in [0, 0.1) is 69.8 Å². The van der Waals surface area contributed by atoms with Gasteiger partial charge in [-0.25, -0.2) is 72.7 Å². The second kappa shape index (κ2) is 10.3. The van der Waals surface area contributed by atoms with E-state index in [-0.39, 0.29) is 32.7 Å². The van der Waals surface area contributed by atoms with Crippen molar-refractivity contribution in [2.75, 3.05) is 0 Å². The molecular formula is C36H6BF13N6. The molecular weight excluding hydrogens is 774 g/mol. The Bertz CT molecular complexity index is 3540. The van der Waals surface area contributed by atoms with E-state index in [1.165, 1.54) is 0 Å². The van der Waals surface area contributed by atoms with Crippen molar-refractivity contribution in [1.29, 1.82) is 0 Å². The van der Waals surface area contributed by atoms with E-state index < -0.39 is 144 Å². The van der Waals surface area contributed by atoms with Crippen LogP contribution in [-0.2, 0) is 0 Å². The van der Waals surface area contributed by atoms with E-state index in [0.717, 1.165) is 45.4 Å². The van der Waals surface area contributed by atoms with Crippen LogP contribution >= 0.6 is 0 Å². The third-order valence-electron chi connectivity index (χ3n) is 10.3. The Kier molecular flexibility index (Phi) is 6.02. The molecule has 0 unspecified atom stereocenters. The number of amidine groups is 2. The lowest BCUT2D eigenvalue weighted by Crippen LogP contribution is -2.45. The molecule has 20 heteroatoms. The zero-order valence-electron chi connectivity index (χ0n) is 26.6. The van der Waals surface area contributed by atoms with Crippen molar-refractivity contribution in [1.82, 2.24) is 8.96 Å². The molecule has 0 spiro atoms. The Morgan fingerprint density at radius 1 is 0.321 bits per heavy atom. The number of rotatable bonds is 0. The Hall–Kier alpha value is -6.73. The summed E-state index contributed by atoms with van der Waals surface area (Å²) in [6.07, 6.45) is 0. The minimum Gasteiger partial charge on any atom is -0.303 e. The van der Waals surface area contributed by atoms with E-state index in [4.69, 9.17) is 0 Å². The first-order valence-corrected chi connectivity index (χ1v) is 15.9. The van der Waals surface area contributed by atoms with Crippen LogP contribution in [0.3, 0.4) is 0 Å². The summed E-state index contributed by atoms with van der Waals surface area (Å²) in [5.41, 5.74) is -1.42. The van der Waals surface area contributed by atoms with Crippen molar-refractivity contribution in [2.45, 2.75) is 0 Å². The van der Waals surface area contributed by atoms with E-state index in [1.54, 1.807) is 0 Å². The van der Waals surface area contributed by atoms with E-state index >= 15 is 30.7 Å². The Morgan fingerprint density at radius 2 is 0.643 bits per heavy atom. The van der Waals surface area contributed by atoms with E-state index in [9.17, 15) is 26.3 Å². The fourth-order valence-corrected chi connectivity index (χ4v) is 7.67. The van der Waals surface area contributed by atoms with Crippen molar-refractivity contribution < 1.29 is 57.0 Å². The summed E-state index contributed by atoms with van der Waals surface area (Å²) >= 11 is 0. The van der Waals surface area contributed by atoms with Gasteiger partial charge in [-0.15, -0.1) is 0 Å². The third-order valence-corrected chi connectivity index (χ3v) is 10.3. The quantitative estimate of drug-likeness (QED) is 0.0640. The Morgan fingerprint density at radius 3 is 1.05 bits per heavy atom. The first-order valence-electron chi connectivity index (χ1n) is 15.9. The van der Waals surface area contributed by atoms with E-state index in [0.29, 0.717) is 0 Å². The number of aliphatic imine (C=N–C) groups is 2. The number of fused-ring (bicyclic) bond motifs is 13. The summed E-state index contributed by atoms with van der Waals surface area (Å²) in [6, 6.07) is 4.98. The van der Waals surface area contributed by atoms with Crippen LogP contribution in [0.25, 0.3) is 53.9 Å². The predicted octanol–water partition coefficient (Wildman–Crippen LogP) is 8.81. The van der Waals surface area contributed by atoms with Gasteiger partial charge in [0.25, 0.3) is 0 Å². The summed E-state index contributed by atoms with van der Waals surface area (Å²) in [6.45, 7) is 0. The van der Waals surface area contributed by atoms with Gasteiger partial charge in [-0.2, -0.15) is 0 Å². The molecule has 0 aliphatic carbocycles. The van der Waals surface area contributed by atoms with Gasteiger partial charge in [0.05, 0.1) is 0 Å². The molecule has 8 aromatic rings. The average molecular weight is 780 g/mol. The van der Waals surface area contributed by atoms with Crippen LogP contribution < -0.4 is 11.0 Å². The van der Waals surface area contributed by atoms with E-state index in [1.807, 2.05) is 0 Å². The Labute approximate surface area is 298 Å². The summed E-state index contributed by atoms with van der Waals surface area (Å²) in [4.78, 5) is 17.6. The maximum absolute atomic E-state index is 17.4. The van der Waals surface area contributed by atoms with Gasteiger partial charge in [0.15, 0.2) is 81.5 Å². The fraction of sp³-hybridized carbons (Fsp3) is 0. The first-order chi connectivity index (χ1) is 26.7. The molecule has 0 fully saturated rings. The number of hydrogen-bond donors (Lipinski definition) is 0. The normalized spacial score (nSPS) is 14.3. The topological polar surface area (TPSA) is 59.3 Å². The van der Waals surface area contributed by atoms with Gasteiger partial charge < -0.3 is 8.96 Å². The van der Waals surface area contributed by atoms with E-state index in [2.05, 4.69) is 20.0 Å². The standard InChI is InChI=1S/C36H6BF13N6/c38-19-7-1-13-14(2-8(7)20(39)26(45)25(19)44)32-51-31(13)52-33-15-3-9-11(23(42)29(48)27(46)21(9)40)5-17(15)35-54-36-18-6-12-10(22(41)28(47)30(49)24(12)43)4-16(18)34(53-32)56(36)37(50)55(33)35/h1-6H. The first kappa shape index (κ1) is 32.7. The SMILES string of the molecule is FB1n2c3c4cc5c(F)c(F)c(F)c(F)c5cc4c2N=c2c4cc5c(F)c(F)c(F)c(F)c5cc4c(n21)=NC1=NC(=N3)c2cc3c(F)c(F)c(F)c(F)c3cc21. The molecule has 0 amide bonds. The molecule has 3 aliphatic heterocycles. The summed E-state index contributed by atoms with van der Waals surface area (Å²) in [5, 5.41) is -5.95. The molecule has 5 heterocycles. The van der Waals surface area contributed by atoms with Gasteiger partial charge in [-0.05, 0) is 36.4 Å². The lowest BCUT2D eigenvalue weighted by Gasteiger charge is -2.16. The van der Waals surface area contributed by atoms with Gasteiger partial charge in [0.1, 0.15) is 22.6 Å². The fourth-order valence-electron chi connectivity index (χ4n) is 7.67. The van der Waals surface area contributed by atoms with Crippen LogP contribution in [0.5, 0.6) is 0 Å². The summed E-state index contributed by atoms with van der Waals surface area (Å²) < 4.78 is 196. The summed E-state index contributed by atoms with van der Waals surface area (Å²) in [5.74, 6) is -25.8. The molecule has 6 aromatic carbocycles. The van der Waals surface area contributed by atoms with Gasteiger partial charge in [0, 0.05) is 65.0 Å². The van der Waals surface area contributed by atoms with Crippen LogP contribution in [0.4, 0.5) is 68.6 Å². The zero-order valence-corrected chi connectivity index (χ0v) is 26.6. The van der Waals surface area contributed by atoms with Gasteiger partial charge in [0.2, 0.25) is 0 Å². The highest BCUT2D eigenvalue weighted by Crippen LogP contribution is 2.45. The molecule has 2 aromatic heterocycles. The minimum atomic E-state index is -2.54. The maximum atomic E-state index is 17.4. The molecule has 0 N–H and O–H groups in total.